The molecule has 0 radical (unpaired) electrons. The summed E-state index contributed by atoms with van der Waals surface area (Å²) in [7, 11) is 0. The first-order valence-electron chi connectivity index (χ1n) is 14.7. The number of hydrogen-bond donors (Lipinski definition) is 3. The van der Waals surface area contributed by atoms with Crippen LogP contribution in [-0.2, 0) is 32.2 Å². The molecule has 3 fully saturated rings. The topological polar surface area (TPSA) is 108 Å². The van der Waals surface area contributed by atoms with Crippen molar-refractivity contribution in [3.8, 4) is 0 Å². The largest absolute Gasteiger partial charge is 0.396 e. The maximum Gasteiger partial charge on any atom is 0.246 e. The highest BCUT2D eigenvalue weighted by Crippen LogP contribution is 2.64. The van der Waals surface area contributed by atoms with E-state index in [2.05, 4.69) is 10.6 Å². The fourth-order valence-electron chi connectivity index (χ4n) is 7.18. The average molecular weight is 548 g/mol. The maximum atomic E-state index is 14.2. The molecule has 3 saturated heterocycles. The van der Waals surface area contributed by atoms with Crippen LogP contribution in [0.15, 0.2) is 60.7 Å². The number of aliphatic hydroxyl groups is 1. The van der Waals surface area contributed by atoms with Crippen LogP contribution in [0.1, 0.15) is 63.0 Å². The van der Waals surface area contributed by atoms with Crippen LogP contribution < -0.4 is 10.6 Å². The zero-order valence-electron chi connectivity index (χ0n) is 23.3. The number of nitrogens with zero attached hydrogens (tertiary/aromatic N) is 1. The van der Waals surface area contributed by atoms with Gasteiger partial charge in [-0.1, -0.05) is 80.4 Å². The van der Waals surface area contributed by atoms with Crippen molar-refractivity contribution in [3.63, 3.8) is 0 Å². The summed E-state index contributed by atoms with van der Waals surface area (Å²) >= 11 is 0. The molecule has 2 unspecified atom stereocenters. The average Bonchev–Trinajstić information content (AvgIpc) is 3.59. The Kier molecular flexibility index (Phi) is 8.57. The number of ether oxygens (including phenoxy) is 1. The van der Waals surface area contributed by atoms with Gasteiger partial charge in [0, 0.05) is 26.2 Å². The van der Waals surface area contributed by atoms with E-state index < -0.39 is 29.1 Å². The Balaban J connectivity index is 1.40. The fraction of sp³-hybridized carbons (Fsp3) is 0.531. The Morgan fingerprint density at radius 2 is 1.50 bits per heavy atom. The normalized spacial score (nSPS) is 28.5. The monoisotopic (exact) mass is 547 g/mol. The van der Waals surface area contributed by atoms with Crippen molar-refractivity contribution in [3.05, 3.63) is 71.8 Å². The molecule has 8 nitrogen and oxygen atoms in total. The van der Waals surface area contributed by atoms with Crippen LogP contribution in [-0.4, -0.2) is 58.1 Å². The van der Waals surface area contributed by atoms with E-state index in [1.807, 2.05) is 67.6 Å². The number of benzene rings is 2. The van der Waals surface area contributed by atoms with Gasteiger partial charge in [-0.25, -0.2) is 0 Å². The third kappa shape index (κ3) is 5.15. The predicted octanol–water partition coefficient (Wildman–Crippen LogP) is 3.33. The van der Waals surface area contributed by atoms with Gasteiger partial charge >= 0.3 is 0 Å². The lowest BCUT2D eigenvalue weighted by Crippen LogP contribution is -2.55. The Hall–Kier alpha value is -3.23. The van der Waals surface area contributed by atoms with Crippen LogP contribution in [0.25, 0.3) is 0 Å². The second kappa shape index (κ2) is 12.1. The molecule has 8 heteroatoms. The van der Waals surface area contributed by atoms with Crippen molar-refractivity contribution in [2.75, 3.05) is 13.2 Å². The summed E-state index contributed by atoms with van der Waals surface area (Å²) in [6.45, 7) is 3.30. The summed E-state index contributed by atoms with van der Waals surface area (Å²) in [5.41, 5.74) is 0.185. The maximum absolute atomic E-state index is 14.2. The van der Waals surface area contributed by atoms with E-state index in [1.54, 1.807) is 4.90 Å². The van der Waals surface area contributed by atoms with Crippen LogP contribution in [0.2, 0.25) is 0 Å². The van der Waals surface area contributed by atoms with E-state index in [-0.39, 0.29) is 24.3 Å². The van der Waals surface area contributed by atoms with Crippen molar-refractivity contribution >= 4 is 17.7 Å². The summed E-state index contributed by atoms with van der Waals surface area (Å²) in [4.78, 5) is 43.6. The Morgan fingerprint density at radius 3 is 2.10 bits per heavy atom. The smallest absolute Gasteiger partial charge is 0.246 e. The molecule has 2 aromatic rings. The molecule has 2 aromatic carbocycles. The summed E-state index contributed by atoms with van der Waals surface area (Å²) in [6, 6.07) is 18.6. The Bertz CT molecular complexity index is 1190. The summed E-state index contributed by atoms with van der Waals surface area (Å²) in [5.74, 6) is -1.91. The molecule has 3 aliphatic heterocycles. The second-order valence-corrected chi connectivity index (χ2v) is 11.4. The van der Waals surface area contributed by atoms with Gasteiger partial charge in [-0.15, -0.1) is 0 Å². The Morgan fingerprint density at radius 1 is 0.900 bits per heavy atom. The molecule has 0 aromatic heterocycles. The number of likely N-dealkylation sites (tertiary alicyclic amines) is 1. The highest BCUT2D eigenvalue weighted by molar-refractivity contribution is 5.99. The first-order chi connectivity index (χ1) is 19.5. The molecule has 0 aliphatic carbocycles. The van der Waals surface area contributed by atoms with Gasteiger partial charge in [0.05, 0.1) is 17.4 Å². The molecule has 5 atom stereocenters. The van der Waals surface area contributed by atoms with E-state index in [0.29, 0.717) is 45.3 Å². The van der Waals surface area contributed by atoms with E-state index in [1.165, 1.54) is 0 Å². The highest BCUT2D eigenvalue weighted by atomic mass is 16.5. The van der Waals surface area contributed by atoms with Gasteiger partial charge in [0.15, 0.2) is 0 Å². The first-order valence-corrected chi connectivity index (χ1v) is 14.7. The number of carbonyl (C=O) groups excluding carboxylic acids is 3. The molecule has 3 heterocycles. The van der Waals surface area contributed by atoms with Gasteiger partial charge in [-0.3, -0.25) is 14.4 Å². The molecule has 40 heavy (non-hydrogen) atoms. The highest BCUT2D eigenvalue weighted by Gasteiger charge is 2.78. The molecule has 3 amide bonds. The number of amides is 3. The number of hydrogen-bond acceptors (Lipinski definition) is 5. The number of carbonyl (C=O) groups is 3. The number of unbranched alkanes of at least 4 members (excludes halogenated alkanes) is 3. The lowest BCUT2D eigenvalue weighted by Gasteiger charge is -2.34. The molecule has 214 valence electrons. The molecule has 2 bridgehead atoms. The van der Waals surface area contributed by atoms with Gasteiger partial charge in [0.25, 0.3) is 0 Å². The van der Waals surface area contributed by atoms with Crippen molar-refractivity contribution in [2.45, 2.75) is 82.2 Å². The third-order valence-corrected chi connectivity index (χ3v) is 9.14. The zero-order chi connectivity index (χ0) is 28.2. The molecule has 5 rings (SSSR count). The van der Waals surface area contributed by atoms with Gasteiger partial charge in [0.1, 0.15) is 11.6 Å². The van der Waals surface area contributed by atoms with E-state index in [9.17, 15) is 14.4 Å². The molecular formula is C32H41N3O5. The molecule has 3 N–H and O–H groups in total. The van der Waals surface area contributed by atoms with Crippen LogP contribution >= 0.6 is 0 Å². The standard InChI is InChI=1S/C32H41N3O5/c1-2-31-17-18-32(40-31)26(25(31)28(37)33-21-23-13-7-5-8-14-23)30(39)35(19-11-3-4-12-20-36)27(32)29(38)34-22-24-15-9-6-10-16-24/h5-10,13-16,25-27,36H,2-4,11-12,17-22H2,1H3,(H,33,37)(H,34,38)/t25-,26-,27?,31+,32?/m0/s1. The van der Waals surface area contributed by atoms with Gasteiger partial charge in [0.2, 0.25) is 17.7 Å². The van der Waals surface area contributed by atoms with Crippen molar-refractivity contribution in [1.29, 1.82) is 0 Å². The van der Waals surface area contributed by atoms with Crippen molar-refractivity contribution in [1.82, 2.24) is 15.5 Å². The molecular weight excluding hydrogens is 506 g/mol. The Labute approximate surface area is 236 Å². The lowest BCUT2D eigenvalue weighted by atomic mass is 9.65. The van der Waals surface area contributed by atoms with Crippen molar-refractivity contribution in [2.24, 2.45) is 11.8 Å². The zero-order valence-corrected chi connectivity index (χ0v) is 23.3. The minimum absolute atomic E-state index is 0.144. The van der Waals surface area contributed by atoms with Gasteiger partial charge < -0.3 is 25.4 Å². The van der Waals surface area contributed by atoms with E-state index >= 15 is 0 Å². The minimum Gasteiger partial charge on any atom is -0.396 e. The number of aliphatic hydroxyl groups excluding tert-OH is 1. The second-order valence-electron chi connectivity index (χ2n) is 11.4. The third-order valence-electron chi connectivity index (χ3n) is 9.14. The summed E-state index contributed by atoms with van der Waals surface area (Å²) < 4.78 is 6.82. The fourth-order valence-corrected chi connectivity index (χ4v) is 7.18. The van der Waals surface area contributed by atoms with Crippen LogP contribution in [0.3, 0.4) is 0 Å². The number of fused-ring (bicyclic) bond motifs is 1. The van der Waals surface area contributed by atoms with E-state index in [4.69, 9.17) is 9.84 Å². The first kappa shape index (κ1) is 28.3. The minimum atomic E-state index is -1.02. The van der Waals surface area contributed by atoms with E-state index in [0.717, 1.165) is 30.4 Å². The van der Waals surface area contributed by atoms with Crippen LogP contribution in [0, 0.1) is 11.8 Å². The molecule has 0 saturated carbocycles. The van der Waals surface area contributed by atoms with Gasteiger partial charge in [-0.05, 0) is 43.2 Å². The molecule has 1 spiro atoms. The summed E-state index contributed by atoms with van der Waals surface area (Å²) in [5, 5.41) is 15.3. The predicted molar refractivity (Wildman–Crippen MR) is 151 cm³/mol. The van der Waals surface area contributed by atoms with Gasteiger partial charge in [-0.2, -0.15) is 0 Å². The SMILES string of the molecule is CC[C@]12CCC3(O1)C(C(=O)NCc1ccccc1)N(CCCCCCO)C(=O)[C@@H]3[C@H]2C(=O)NCc1ccccc1. The quantitative estimate of drug-likeness (QED) is 0.334. The van der Waals surface area contributed by atoms with Crippen LogP contribution in [0.4, 0.5) is 0 Å². The number of rotatable bonds is 13. The van der Waals surface area contributed by atoms with Crippen LogP contribution in [0.5, 0.6) is 0 Å². The molecule has 3 aliphatic rings. The summed E-state index contributed by atoms with van der Waals surface area (Å²) in [6.07, 6.45) is 4.96. The van der Waals surface area contributed by atoms with Crippen molar-refractivity contribution < 1.29 is 24.2 Å². The number of nitrogens with one attached hydrogen (secondary N) is 2. The lowest BCUT2D eigenvalue weighted by molar-refractivity contribution is -0.147.